The van der Waals surface area contributed by atoms with Crippen LogP contribution in [0, 0.1) is 6.92 Å². The van der Waals surface area contributed by atoms with Crippen molar-refractivity contribution < 1.29 is 13.9 Å². The second kappa shape index (κ2) is 4.61. The van der Waals surface area contributed by atoms with E-state index in [1.807, 2.05) is 0 Å². The number of amides is 1. The summed E-state index contributed by atoms with van der Waals surface area (Å²) < 4.78 is 10.7. The second-order valence-electron chi connectivity index (χ2n) is 5.54. The SMILES string of the molecule is CNC(=O)c1c(C)oc2nc(OC)nc(NC3(C)CC3)c12. The molecule has 0 aliphatic heterocycles. The largest absolute Gasteiger partial charge is 0.467 e. The van der Waals surface area contributed by atoms with E-state index in [-0.39, 0.29) is 17.5 Å². The highest BCUT2D eigenvalue weighted by atomic mass is 16.5. The third kappa shape index (κ3) is 2.28. The fraction of sp³-hybridized carbons (Fsp3) is 0.500. The van der Waals surface area contributed by atoms with Gasteiger partial charge in [0.25, 0.3) is 5.91 Å². The van der Waals surface area contributed by atoms with E-state index in [0.717, 1.165) is 12.8 Å². The van der Waals surface area contributed by atoms with Gasteiger partial charge in [-0.3, -0.25) is 4.79 Å². The molecule has 7 heteroatoms. The fourth-order valence-electron chi connectivity index (χ4n) is 2.27. The maximum absolute atomic E-state index is 12.1. The molecule has 1 amide bonds. The van der Waals surface area contributed by atoms with Crippen LogP contribution in [-0.2, 0) is 0 Å². The molecule has 0 atom stereocenters. The molecule has 0 unspecified atom stereocenters. The Morgan fingerprint density at radius 1 is 1.38 bits per heavy atom. The third-order valence-electron chi connectivity index (χ3n) is 3.76. The lowest BCUT2D eigenvalue weighted by Crippen LogP contribution is -2.21. The lowest BCUT2D eigenvalue weighted by molar-refractivity contribution is 0.0963. The van der Waals surface area contributed by atoms with Gasteiger partial charge in [0.2, 0.25) is 5.71 Å². The van der Waals surface area contributed by atoms with E-state index >= 15 is 0 Å². The Bertz CT molecular complexity index is 719. The molecule has 1 aliphatic rings. The van der Waals surface area contributed by atoms with Crippen LogP contribution in [0.3, 0.4) is 0 Å². The smallest absolute Gasteiger partial charge is 0.321 e. The molecule has 7 nitrogen and oxygen atoms in total. The van der Waals surface area contributed by atoms with Gasteiger partial charge in [-0.2, -0.15) is 9.97 Å². The minimum atomic E-state index is -0.219. The predicted octanol–water partition coefficient (Wildman–Crippen LogP) is 1.86. The lowest BCUT2D eigenvalue weighted by Gasteiger charge is -2.13. The number of anilines is 1. The molecule has 0 radical (unpaired) electrons. The van der Waals surface area contributed by atoms with Crippen molar-refractivity contribution in [3.05, 3.63) is 11.3 Å². The summed E-state index contributed by atoms with van der Waals surface area (Å²) in [5.41, 5.74) is 0.823. The number of carbonyl (C=O) groups excluding carboxylic acids is 1. The van der Waals surface area contributed by atoms with Gasteiger partial charge in [-0.25, -0.2) is 0 Å². The first kappa shape index (κ1) is 13.7. The summed E-state index contributed by atoms with van der Waals surface area (Å²) in [4.78, 5) is 20.6. The normalized spacial score (nSPS) is 15.8. The van der Waals surface area contributed by atoms with Crippen molar-refractivity contribution in [3.63, 3.8) is 0 Å². The monoisotopic (exact) mass is 290 g/mol. The number of aryl methyl sites for hydroxylation is 1. The lowest BCUT2D eigenvalue weighted by atomic mass is 10.1. The number of rotatable bonds is 4. The van der Waals surface area contributed by atoms with Crippen LogP contribution in [0.15, 0.2) is 4.42 Å². The summed E-state index contributed by atoms with van der Waals surface area (Å²) in [6.07, 6.45) is 2.12. The van der Waals surface area contributed by atoms with Gasteiger partial charge in [0, 0.05) is 12.6 Å². The summed E-state index contributed by atoms with van der Waals surface area (Å²) in [6.45, 7) is 3.85. The first-order valence-corrected chi connectivity index (χ1v) is 6.83. The van der Waals surface area contributed by atoms with E-state index in [1.54, 1.807) is 14.0 Å². The second-order valence-corrected chi connectivity index (χ2v) is 5.54. The number of nitrogens with one attached hydrogen (secondary N) is 2. The van der Waals surface area contributed by atoms with E-state index in [1.165, 1.54) is 7.11 Å². The molecule has 0 saturated heterocycles. The average Bonchev–Trinajstić information content (AvgIpc) is 3.07. The Kier molecular flexibility index (Phi) is 3.00. The maximum atomic E-state index is 12.1. The molecular formula is C14H18N4O3. The van der Waals surface area contributed by atoms with Crippen LogP contribution in [0.4, 0.5) is 5.82 Å². The Labute approximate surface area is 122 Å². The highest BCUT2D eigenvalue weighted by Crippen LogP contribution is 2.40. The van der Waals surface area contributed by atoms with Gasteiger partial charge >= 0.3 is 6.01 Å². The minimum Gasteiger partial charge on any atom is -0.467 e. The molecule has 0 aromatic carbocycles. The first-order valence-electron chi connectivity index (χ1n) is 6.83. The van der Waals surface area contributed by atoms with E-state index in [2.05, 4.69) is 27.5 Å². The minimum absolute atomic E-state index is 0.0113. The zero-order valence-corrected chi connectivity index (χ0v) is 12.5. The molecule has 0 bridgehead atoms. The van der Waals surface area contributed by atoms with Crippen molar-refractivity contribution in [2.75, 3.05) is 19.5 Å². The number of ether oxygens (including phenoxy) is 1. The topological polar surface area (TPSA) is 89.3 Å². The Balaban J connectivity index is 2.23. The van der Waals surface area contributed by atoms with Crippen molar-refractivity contribution >= 4 is 22.8 Å². The average molecular weight is 290 g/mol. The fourth-order valence-corrected chi connectivity index (χ4v) is 2.27. The molecule has 2 heterocycles. The van der Waals surface area contributed by atoms with E-state index in [9.17, 15) is 4.79 Å². The molecule has 1 saturated carbocycles. The van der Waals surface area contributed by atoms with Crippen LogP contribution in [0.25, 0.3) is 11.1 Å². The molecule has 112 valence electrons. The van der Waals surface area contributed by atoms with Crippen molar-refractivity contribution in [2.45, 2.75) is 32.2 Å². The number of aromatic nitrogens is 2. The van der Waals surface area contributed by atoms with Crippen molar-refractivity contribution in [2.24, 2.45) is 0 Å². The Morgan fingerprint density at radius 3 is 2.67 bits per heavy atom. The van der Waals surface area contributed by atoms with Crippen LogP contribution in [-0.4, -0.2) is 35.6 Å². The van der Waals surface area contributed by atoms with Gasteiger partial charge in [-0.1, -0.05) is 0 Å². The molecule has 2 N–H and O–H groups in total. The van der Waals surface area contributed by atoms with Crippen LogP contribution < -0.4 is 15.4 Å². The van der Waals surface area contributed by atoms with E-state index in [0.29, 0.717) is 28.2 Å². The summed E-state index contributed by atoms with van der Waals surface area (Å²) in [7, 11) is 3.08. The molecule has 0 spiro atoms. The molecule has 2 aromatic heterocycles. The summed E-state index contributed by atoms with van der Waals surface area (Å²) >= 11 is 0. The number of furan rings is 1. The number of nitrogens with zero attached hydrogens (tertiary/aromatic N) is 2. The molecule has 2 aromatic rings. The summed E-state index contributed by atoms with van der Waals surface area (Å²) in [5, 5.41) is 6.59. The van der Waals surface area contributed by atoms with Gasteiger partial charge in [0.05, 0.1) is 18.1 Å². The zero-order valence-electron chi connectivity index (χ0n) is 12.5. The quantitative estimate of drug-likeness (QED) is 0.893. The van der Waals surface area contributed by atoms with Gasteiger partial charge in [-0.15, -0.1) is 0 Å². The highest BCUT2D eigenvalue weighted by Gasteiger charge is 2.39. The zero-order chi connectivity index (χ0) is 15.2. The van der Waals surface area contributed by atoms with Gasteiger partial charge in [-0.05, 0) is 26.7 Å². The molecular weight excluding hydrogens is 272 g/mol. The standard InChI is InChI=1S/C14H18N4O3/c1-7-8(11(19)15-3)9-10(18-14(2)5-6-14)16-13(20-4)17-12(9)21-7/h5-6H2,1-4H3,(H,15,19)(H,16,17,18). The number of hydrogen-bond donors (Lipinski definition) is 2. The number of hydrogen-bond acceptors (Lipinski definition) is 6. The Hall–Kier alpha value is -2.31. The van der Waals surface area contributed by atoms with Gasteiger partial charge < -0.3 is 19.8 Å². The van der Waals surface area contributed by atoms with Crippen molar-refractivity contribution in [1.29, 1.82) is 0 Å². The summed E-state index contributed by atoms with van der Waals surface area (Å²) in [5.74, 6) is 0.868. The van der Waals surface area contributed by atoms with Gasteiger partial charge in [0.15, 0.2) is 0 Å². The molecule has 1 aliphatic carbocycles. The maximum Gasteiger partial charge on any atom is 0.321 e. The predicted molar refractivity (Wildman–Crippen MR) is 77.7 cm³/mol. The first-order chi connectivity index (χ1) is 9.97. The van der Waals surface area contributed by atoms with Crippen LogP contribution in [0.1, 0.15) is 35.9 Å². The van der Waals surface area contributed by atoms with Crippen LogP contribution in [0.5, 0.6) is 6.01 Å². The molecule has 3 rings (SSSR count). The van der Waals surface area contributed by atoms with Crippen molar-refractivity contribution in [1.82, 2.24) is 15.3 Å². The molecule has 1 fully saturated rings. The number of methoxy groups -OCH3 is 1. The Morgan fingerprint density at radius 2 is 2.10 bits per heavy atom. The van der Waals surface area contributed by atoms with Crippen LogP contribution >= 0.6 is 0 Å². The third-order valence-corrected chi connectivity index (χ3v) is 3.76. The highest BCUT2D eigenvalue weighted by molar-refractivity contribution is 6.10. The molecule has 21 heavy (non-hydrogen) atoms. The van der Waals surface area contributed by atoms with E-state index in [4.69, 9.17) is 9.15 Å². The van der Waals surface area contributed by atoms with Gasteiger partial charge in [0.1, 0.15) is 11.6 Å². The van der Waals surface area contributed by atoms with E-state index < -0.39 is 0 Å². The van der Waals surface area contributed by atoms with Crippen LogP contribution in [0.2, 0.25) is 0 Å². The number of carbonyl (C=O) groups is 1. The van der Waals surface area contributed by atoms with Crippen molar-refractivity contribution in [3.8, 4) is 6.01 Å². The summed E-state index contributed by atoms with van der Waals surface area (Å²) in [6, 6.07) is 0.214. The number of fused-ring (bicyclic) bond motifs is 1.